The van der Waals surface area contributed by atoms with Gasteiger partial charge in [0, 0.05) is 31.7 Å². The van der Waals surface area contributed by atoms with Gasteiger partial charge in [-0.25, -0.2) is 14.0 Å². The van der Waals surface area contributed by atoms with Gasteiger partial charge in [0.1, 0.15) is 6.61 Å². The molecule has 0 spiro atoms. The van der Waals surface area contributed by atoms with Crippen LogP contribution < -0.4 is 15.6 Å². The van der Waals surface area contributed by atoms with E-state index in [0.717, 1.165) is 16.3 Å². The van der Waals surface area contributed by atoms with Crippen LogP contribution in [-0.2, 0) is 24.9 Å². The Kier molecular flexibility index (Phi) is 8.21. The molecule has 35 heavy (non-hydrogen) atoms. The van der Waals surface area contributed by atoms with E-state index in [1.54, 1.807) is 25.4 Å². The maximum Gasteiger partial charge on any atom is 0.388 e. The van der Waals surface area contributed by atoms with Crippen molar-refractivity contribution >= 4 is 19.5 Å². The standard InChI is InChI=1S/C24H29F3N4O3Si/c1-30-23(32)31(22(29-30)33-2)21-11-6-5-9-19(21)17-34-28-14-12-18-8-7-10-20(16-18)35(3,4)15-13-24(25,26)27/h5-11,14,16H,12-13,15,17H2,1-4H3. The third-order valence-electron chi connectivity index (χ3n) is 5.75. The monoisotopic (exact) mass is 506 g/mol. The molecule has 0 aliphatic heterocycles. The van der Waals surface area contributed by atoms with Crippen LogP contribution in [0.25, 0.3) is 5.69 Å². The Balaban J connectivity index is 1.64. The average molecular weight is 507 g/mol. The maximum atomic E-state index is 12.7. The van der Waals surface area contributed by atoms with Crippen molar-refractivity contribution in [1.29, 1.82) is 0 Å². The lowest BCUT2D eigenvalue weighted by Gasteiger charge is -2.24. The summed E-state index contributed by atoms with van der Waals surface area (Å²) >= 11 is 0. The van der Waals surface area contributed by atoms with Crippen LogP contribution in [-0.4, -0.2) is 41.9 Å². The van der Waals surface area contributed by atoms with Gasteiger partial charge in [0.25, 0.3) is 0 Å². The van der Waals surface area contributed by atoms with Crippen molar-refractivity contribution in [2.45, 2.75) is 44.8 Å². The number of hydrogen-bond donors (Lipinski definition) is 0. The molecule has 0 saturated heterocycles. The number of nitrogens with zero attached hydrogens (tertiary/aromatic N) is 4. The van der Waals surface area contributed by atoms with Gasteiger partial charge in [-0.2, -0.15) is 13.2 Å². The SMILES string of the molecule is COc1nn(C)c(=O)n1-c1ccccc1CON=CCc1cccc([Si](C)(C)CCC(F)(F)F)c1. The molecule has 2 aromatic carbocycles. The van der Waals surface area contributed by atoms with Gasteiger partial charge < -0.3 is 9.57 Å². The zero-order valence-electron chi connectivity index (χ0n) is 20.2. The molecule has 1 aromatic heterocycles. The average Bonchev–Trinajstić information content (AvgIpc) is 3.11. The van der Waals surface area contributed by atoms with Crippen LogP contribution in [0.2, 0.25) is 19.1 Å². The molecule has 3 aromatic rings. The number of benzene rings is 2. The van der Waals surface area contributed by atoms with Crippen molar-refractivity contribution in [3.63, 3.8) is 0 Å². The second kappa shape index (κ2) is 10.9. The minimum atomic E-state index is -4.14. The van der Waals surface area contributed by atoms with E-state index in [2.05, 4.69) is 10.3 Å². The number of ether oxygens (including phenoxy) is 1. The van der Waals surface area contributed by atoms with Gasteiger partial charge >= 0.3 is 17.9 Å². The highest BCUT2D eigenvalue weighted by atomic mass is 28.3. The molecule has 0 fully saturated rings. The second-order valence-electron chi connectivity index (χ2n) is 8.82. The van der Waals surface area contributed by atoms with Crippen LogP contribution in [0.1, 0.15) is 17.5 Å². The highest BCUT2D eigenvalue weighted by molar-refractivity contribution is 6.89. The van der Waals surface area contributed by atoms with Crippen LogP contribution in [0.3, 0.4) is 0 Å². The van der Waals surface area contributed by atoms with E-state index < -0.39 is 20.7 Å². The Bertz CT molecular complexity index is 1240. The van der Waals surface area contributed by atoms with Crippen molar-refractivity contribution in [2.24, 2.45) is 12.2 Å². The largest absolute Gasteiger partial charge is 0.467 e. The first-order valence-corrected chi connectivity index (χ1v) is 14.3. The van der Waals surface area contributed by atoms with E-state index in [1.165, 1.54) is 16.4 Å². The van der Waals surface area contributed by atoms with E-state index in [1.807, 2.05) is 49.5 Å². The minimum Gasteiger partial charge on any atom is -0.467 e. The van der Waals surface area contributed by atoms with Gasteiger partial charge in [0.2, 0.25) is 0 Å². The minimum absolute atomic E-state index is 0.120. The Labute approximate surface area is 202 Å². The molecule has 7 nitrogen and oxygen atoms in total. The summed E-state index contributed by atoms with van der Waals surface area (Å²) in [7, 11) is 0.773. The van der Waals surface area contributed by atoms with E-state index in [4.69, 9.17) is 9.57 Å². The lowest BCUT2D eigenvalue weighted by molar-refractivity contribution is -0.130. The first-order valence-electron chi connectivity index (χ1n) is 11.1. The Hall–Kier alpha value is -3.34. The van der Waals surface area contributed by atoms with E-state index in [-0.39, 0.29) is 24.4 Å². The molecular formula is C24H29F3N4O3Si. The molecule has 0 saturated carbocycles. The van der Waals surface area contributed by atoms with Gasteiger partial charge in [0.05, 0.1) is 20.9 Å². The summed E-state index contributed by atoms with van der Waals surface area (Å²) in [6, 6.07) is 15.2. The van der Waals surface area contributed by atoms with Gasteiger partial charge in [-0.05, 0) is 17.7 Å². The van der Waals surface area contributed by atoms with E-state index in [9.17, 15) is 18.0 Å². The highest BCUT2D eigenvalue weighted by Gasteiger charge is 2.33. The molecule has 0 radical (unpaired) electrons. The third-order valence-corrected chi connectivity index (χ3v) is 9.12. The number of aromatic nitrogens is 3. The predicted octanol–water partition coefficient (Wildman–Crippen LogP) is 4.19. The summed E-state index contributed by atoms with van der Waals surface area (Å²) in [5.74, 6) is 0. The lowest BCUT2D eigenvalue weighted by Crippen LogP contribution is -2.42. The summed E-state index contributed by atoms with van der Waals surface area (Å²) in [6.07, 6.45) is -2.80. The van der Waals surface area contributed by atoms with Gasteiger partial charge in [-0.1, -0.05) is 65.9 Å². The molecular weight excluding hydrogens is 477 g/mol. The number of rotatable bonds is 10. The number of oxime groups is 1. The van der Waals surface area contributed by atoms with Gasteiger partial charge in [-0.3, -0.25) is 0 Å². The fourth-order valence-corrected chi connectivity index (χ4v) is 5.97. The maximum absolute atomic E-state index is 12.7. The van der Waals surface area contributed by atoms with Crippen molar-refractivity contribution in [2.75, 3.05) is 7.11 Å². The zero-order chi connectivity index (χ0) is 25.6. The number of alkyl halides is 3. The summed E-state index contributed by atoms with van der Waals surface area (Å²) in [6.45, 7) is 4.03. The molecule has 0 atom stereocenters. The zero-order valence-corrected chi connectivity index (χ0v) is 21.2. The first-order chi connectivity index (χ1) is 16.5. The molecule has 0 N–H and O–H groups in total. The molecule has 11 heteroatoms. The predicted molar refractivity (Wildman–Crippen MR) is 131 cm³/mol. The second-order valence-corrected chi connectivity index (χ2v) is 13.7. The topological polar surface area (TPSA) is 70.6 Å². The summed E-state index contributed by atoms with van der Waals surface area (Å²) in [4.78, 5) is 17.9. The molecule has 0 bridgehead atoms. The summed E-state index contributed by atoms with van der Waals surface area (Å²) in [5.41, 5.74) is 1.91. The number of para-hydroxylation sites is 1. The first kappa shape index (κ1) is 26.3. The molecule has 0 aliphatic carbocycles. The summed E-state index contributed by atoms with van der Waals surface area (Å²) in [5, 5.41) is 9.07. The highest BCUT2D eigenvalue weighted by Crippen LogP contribution is 2.26. The van der Waals surface area contributed by atoms with Crippen LogP contribution in [0, 0.1) is 0 Å². The lowest BCUT2D eigenvalue weighted by atomic mass is 10.2. The van der Waals surface area contributed by atoms with Crippen LogP contribution in [0.5, 0.6) is 6.01 Å². The number of aryl methyl sites for hydroxylation is 1. The van der Waals surface area contributed by atoms with Gasteiger partial charge in [0.15, 0.2) is 0 Å². The summed E-state index contributed by atoms with van der Waals surface area (Å²) < 4.78 is 45.8. The third kappa shape index (κ3) is 6.84. The van der Waals surface area contributed by atoms with Crippen molar-refractivity contribution in [1.82, 2.24) is 14.3 Å². The molecule has 188 valence electrons. The molecule has 1 heterocycles. The van der Waals surface area contributed by atoms with Crippen molar-refractivity contribution in [3.8, 4) is 11.7 Å². The Morgan fingerprint density at radius 2 is 1.89 bits per heavy atom. The molecule has 0 aliphatic rings. The molecule has 3 rings (SSSR count). The molecule has 0 unspecified atom stereocenters. The smallest absolute Gasteiger partial charge is 0.388 e. The fourth-order valence-electron chi connectivity index (χ4n) is 3.65. The Morgan fingerprint density at radius 1 is 1.14 bits per heavy atom. The van der Waals surface area contributed by atoms with E-state index >= 15 is 0 Å². The van der Waals surface area contributed by atoms with Gasteiger partial charge in [-0.15, -0.1) is 5.10 Å². The Morgan fingerprint density at radius 3 is 2.60 bits per heavy atom. The van der Waals surface area contributed by atoms with Crippen molar-refractivity contribution in [3.05, 3.63) is 70.1 Å². The quantitative estimate of drug-likeness (QED) is 0.235. The van der Waals surface area contributed by atoms with Crippen LogP contribution in [0.4, 0.5) is 13.2 Å². The van der Waals surface area contributed by atoms with Crippen LogP contribution in [0.15, 0.2) is 58.5 Å². The number of halogens is 3. The normalized spacial score (nSPS) is 12.3. The number of hydrogen-bond acceptors (Lipinski definition) is 5. The van der Waals surface area contributed by atoms with Crippen LogP contribution >= 0.6 is 0 Å². The fraction of sp³-hybridized carbons (Fsp3) is 0.375. The number of methoxy groups -OCH3 is 1. The van der Waals surface area contributed by atoms with E-state index in [0.29, 0.717) is 12.1 Å². The van der Waals surface area contributed by atoms with Crippen molar-refractivity contribution < 1.29 is 22.7 Å². The molecule has 0 amide bonds.